The molecule has 1 amide bonds. The second-order valence-corrected chi connectivity index (χ2v) is 4.66. The van der Waals surface area contributed by atoms with Crippen LogP contribution in [0.5, 0.6) is 11.5 Å². The third-order valence-corrected chi connectivity index (χ3v) is 3.10. The summed E-state index contributed by atoms with van der Waals surface area (Å²) in [5.41, 5.74) is 7.47. The van der Waals surface area contributed by atoms with Crippen LogP contribution in [0.4, 0.5) is 5.69 Å². The smallest absolute Gasteiger partial charge is 0.226 e. The number of hydrogen-bond donors (Lipinski definition) is 3. The first-order chi connectivity index (χ1) is 10.1. The van der Waals surface area contributed by atoms with Crippen LogP contribution >= 0.6 is 0 Å². The summed E-state index contributed by atoms with van der Waals surface area (Å²) in [6.45, 7) is 0. The molecular formula is C16H18N2O3. The molecule has 0 aliphatic rings. The lowest BCUT2D eigenvalue weighted by Crippen LogP contribution is -2.20. The van der Waals surface area contributed by atoms with E-state index in [0.29, 0.717) is 11.4 Å². The Morgan fingerprint density at radius 1 is 1.29 bits per heavy atom. The Morgan fingerprint density at radius 3 is 2.67 bits per heavy atom. The highest BCUT2D eigenvalue weighted by Gasteiger charge is 2.12. The maximum absolute atomic E-state index is 12.0. The van der Waals surface area contributed by atoms with Crippen molar-refractivity contribution in [1.82, 2.24) is 0 Å². The normalized spacial score (nSPS) is 11.7. The van der Waals surface area contributed by atoms with Gasteiger partial charge in [0.05, 0.1) is 7.11 Å². The molecular weight excluding hydrogens is 268 g/mol. The highest BCUT2D eigenvalue weighted by molar-refractivity contribution is 5.91. The zero-order valence-corrected chi connectivity index (χ0v) is 11.7. The fourth-order valence-electron chi connectivity index (χ4n) is 1.99. The van der Waals surface area contributed by atoms with Gasteiger partial charge in [-0.1, -0.05) is 30.3 Å². The van der Waals surface area contributed by atoms with Crippen LogP contribution in [0.15, 0.2) is 48.5 Å². The number of carbonyl (C=O) groups is 1. The predicted octanol–water partition coefficient (Wildman–Crippen LogP) is 2.43. The van der Waals surface area contributed by atoms with E-state index in [2.05, 4.69) is 5.32 Å². The molecule has 2 aromatic carbocycles. The number of methoxy groups -OCH3 is 1. The molecule has 0 aliphatic carbocycles. The molecule has 0 bridgehead atoms. The molecule has 0 saturated carbocycles. The number of phenols is 1. The van der Waals surface area contributed by atoms with Gasteiger partial charge in [-0.3, -0.25) is 4.79 Å². The molecule has 21 heavy (non-hydrogen) atoms. The number of aromatic hydroxyl groups is 1. The van der Waals surface area contributed by atoms with Gasteiger partial charge < -0.3 is 20.9 Å². The zero-order chi connectivity index (χ0) is 15.2. The van der Waals surface area contributed by atoms with E-state index in [9.17, 15) is 9.90 Å². The average molecular weight is 286 g/mol. The summed E-state index contributed by atoms with van der Waals surface area (Å²) in [7, 11) is 1.45. The summed E-state index contributed by atoms with van der Waals surface area (Å²) < 4.78 is 4.99. The number of benzene rings is 2. The van der Waals surface area contributed by atoms with Crippen LogP contribution in [0.2, 0.25) is 0 Å². The molecule has 0 radical (unpaired) electrons. The third kappa shape index (κ3) is 3.97. The first kappa shape index (κ1) is 14.9. The maximum Gasteiger partial charge on any atom is 0.226 e. The van der Waals surface area contributed by atoms with Crippen molar-refractivity contribution in [2.75, 3.05) is 12.4 Å². The van der Waals surface area contributed by atoms with Crippen molar-refractivity contribution in [2.45, 2.75) is 12.5 Å². The lowest BCUT2D eigenvalue weighted by atomic mass is 10.0. The van der Waals surface area contributed by atoms with Crippen molar-refractivity contribution >= 4 is 11.6 Å². The van der Waals surface area contributed by atoms with Gasteiger partial charge in [0.2, 0.25) is 5.91 Å². The van der Waals surface area contributed by atoms with E-state index >= 15 is 0 Å². The van der Waals surface area contributed by atoms with Crippen LogP contribution in [0.25, 0.3) is 0 Å². The predicted molar refractivity (Wildman–Crippen MR) is 81.3 cm³/mol. The number of nitrogens with one attached hydrogen (secondary N) is 1. The van der Waals surface area contributed by atoms with Crippen LogP contribution in [0.3, 0.4) is 0 Å². The van der Waals surface area contributed by atoms with Gasteiger partial charge in [-0.15, -0.1) is 0 Å². The maximum atomic E-state index is 12.0. The van der Waals surface area contributed by atoms with E-state index in [0.717, 1.165) is 5.56 Å². The molecule has 5 heteroatoms. The third-order valence-electron chi connectivity index (χ3n) is 3.10. The molecule has 0 fully saturated rings. The minimum Gasteiger partial charge on any atom is -0.504 e. The van der Waals surface area contributed by atoms with Gasteiger partial charge >= 0.3 is 0 Å². The van der Waals surface area contributed by atoms with Gasteiger partial charge in [0.15, 0.2) is 11.5 Å². The molecule has 0 spiro atoms. The number of amides is 1. The first-order valence-electron chi connectivity index (χ1n) is 6.57. The first-order valence-corrected chi connectivity index (χ1v) is 6.57. The molecule has 4 N–H and O–H groups in total. The van der Waals surface area contributed by atoms with Gasteiger partial charge in [-0.2, -0.15) is 0 Å². The van der Waals surface area contributed by atoms with Crippen LogP contribution in [0.1, 0.15) is 18.0 Å². The Labute approximate surface area is 123 Å². The Bertz CT molecular complexity index is 614. The van der Waals surface area contributed by atoms with Crippen molar-refractivity contribution in [3.8, 4) is 11.5 Å². The van der Waals surface area contributed by atoms with Gasteiger partial charge in [-0.25, -0.2) is 0 Å². The van der Waals surface area contributed by atoms with Crippen LogP contribution in [-0.2, 0) is 4.79 Å². The standard InChI is InChI=1S/C16H18N2O3/c1-21-15-9-12(7-8-14(15)19)18-16(20)10-13(17)11-5-3-2-4-6-11/h2-9,13,19H,10,17H2,1H3,(H,18,20). The van der Waals surface area contributed by atoms with Gasteiger partial charge in [-0.05, 0) is 17.7 Å². The number of ether oxygens (including phenoxy) is 1. The highest BCUT2D eigenvalue weighted by Crippen LogP contribution is 2.28. The lowest BCUT2D eigenvalue weighted by Gasteiger charge is -2.13. The minimum atomic E-state index is -0.356. The molecule has 5 nitrogen and oxygen atoms in total. The number of rotatable bonds is 5. The lowest BCUT2D eigenvalue weighted by molar-refractivity contribution is -0.116. The molecule has 2 aromatic rings. The summed E-state index contributed by atoms with van der Waals surface area (Å²) in [5, 5.41) is 12.2. The molecule has 0 aromatic heterocycles. The van der Waals surface area contributed by atoms with Crippen molar-refractivity contribution in [2.24, 2.45) is 5.73 Å². The fourth-order valence-corrected chi connectivity index (χ4v) is 1.99. The van der Waals surface area contributed by atoms with E-state index in [1.165, 1.54) is 13.2 Å². The number of hydrogen-bond acceptors (Lipinski definition) is 4. The SMILES string of the molecule is COc1cc(NC(=O)CC(N)c2ccccc2)ccc1O. The van der Waals surface area contributed by atoms with E-state index in [4.69, 9.17) is 10.5 Å². The molecule has 0 heterocycles. The number of carbonyl (C=O) groups excluding carboxylic acids is 1. The molecule has 0 aliphatic heterocycles. The molecule has 1 atom stereocenters. The Kier molecular flexibility index (Phi) is 4.79. The Hall–Kier alpha value is -2.53. The number of anilines is 1. The second kappa shape index (κ2) is 6.76. The van der Waals surface area contributed by atoms with Crippen LogP contribution in [-0.4, -0.2) is 18.1 Å². The van der Waals surface area contributed by atoms with Gasteiger partial charge in [0.25, 0.3) is 0 Å². The zero-order valence-electron chi connectivity index (χ0n) is 11.7. The molecule has 2 rings (SSSR count). The summed E-state index contributed by atoms with van der Waals surface area (Å²) >= 11 is 0. The summed E-state index contributed by atoms with van der Waals surface area (Å²) in [6.07, 6.45) is 0.174. The fraction of sp³-hybridized carbons (Fsp3) is 0.188. The van der Waals surface area contributed by atoms with Crippen molar-refractivity contribution in [3.63, 3.8) is 0 Å². The quantitative estimate of drug-likeness (QED) is 0.737. The van der Waals surface area contributed by atoms with Crippen LogP contribution in [0, 0.1) is 0 Å². The summed E-state index contributed by atoms with van der Waals surface area (Å²) in [4.78, 5) is 12.0. The molecule has 110 valence electrons. The van der Waals surface area contributed by atoms with Crippen molar-refractivity contribution < 1.29 is 14.6 Å². The van der Waals surface area contributed by atoms with E-state index in [1.807, 2.05) is 30.3 Å². The minimum absolute atomic E-state index is 0.0245. The Balaban J connectivity index is 1.99. The monoisotopic (exact) mass is 286 g/mol. The summed E-state index contributed by atoms with van der Waals surface area (Å²) in [6, 6.07) is 13.7. The molecule has 1 unspecified atom stereocenters. The topological polar surface area (TPSA) is 84.6 Å². The molecule has 0 saturated heterocycles. The van der Waals surface area contributed by atoms with E-state index in [1.54, 1.807) is 12.1 Å². The van der Waals surface area contributed by atoms with Crippen LogP contribution < -0.4 is 15.8 Å². The number of phenolic OH excluding ortho intramolecular Hbond substituents is 1. The summed E-state index contributed by atoms with van der Waals surface area (Å²) in [5.74, 6) is 0.135. The average Bonchev–Trinajstić information content (AvgIpc) is 2.50. The van der Waals surface area contributed by atoms with E-state index < -0.39 is 0 Å². The Morgan fingerprint density at radius 2 is 2.00 bits per heavy atom. The highest BCUT2D eigenvalue weighted by atomic mass is 16.5. The second-order valence-electron chi connectivity index (χ2n) is 4.66. The van der Waals surface area contributed by atoms with Gasteiger partial charge in [0, 0.05) is 24.2 Å². The van der Waals surface area contributed by atoms with Crippen molar-refractivity contribution in [1.29, 1.82) is 0 Å². The number of nitrogens with two attached hydrogens (primary N) is 1. The van der Waals surface area contributed by atoms with Gasteiger partial charge in [0.1, 0.15) is 0 Å². The van der Waals surface area contributed by atoms with Crippen molar-refractivity contribution in [3.05, 3.63) is 54.1 Å². The van der Waals surface area contributed by atoms with E-state index in [-0.39, 0.29) is 24.1 Å². The largest absolute Gasteiger partial charge is 0.504 e.